The molecule has 2 heteroatoms. The van der Waals surface area contributed by atoms with Gasteiger partial charge in [-0.3, -0.25) is 0 Å². The van der Waals surface area contributed by atoms with Gasteiger partial charge in [0.15, 0.2) is 0 Å². The first kappa shape index (κ1) is 15.6. The van der Waals surface area contributed by atoms with Gasteiger partial charge in [0.05, 0.1) is 5.38 Å². The minimum Gasteiger partial charge on any atom is -0.117 e. The molecule has 0 aliphatic rings. The zero-order valence-corrected chi connectivity index (χ0v) is 14.3. The van der Waals surface area contributed by atoms with Crippen LogP contribution < -0.4 is 0 Å². The third-order valence-corrected chi connectivity index (χ3v) is 4.58. The number of alkyl halides is 1. The van der Waals surface area contributed by atoms with Crippen molar-refractivity contribution in [1.82, 2.24) is 0 Å². The van der Waals surface area contributed by atoms with Crippen LogP contribution >= 0.6 is 27.5 Å². The van der Waals surface area contributed by atoms with Gasteiger partial charge in [-0.2, -0.15) is 0 Å². The van der Waals surface area contributed by atoms with Crippen LogP contribution in [0.3, 0.4) is 0 Å². The van der Waals surface area contributed by atoms with Crippen molar-refractivity contribution in [2.75, 3.05) is 0 Å². The van der Waals surface area contributed by atoms with Crippen molar-refractivity contribution in [3.8, 4) is 0 Å². The predicted octanol–water partition coefficient (Wildman–Crippen LogP) is 6.10. The van der Waals surface area contributed by atoms with Gasteiger partial charge in [0, 0.05) is 4.47 Å². The smallest absolute Gasteiger partial charge is 0.0628 e. The molecule has 0 spiro atoms. The summed E-state index contributed by atoms with van der Waals surface area (Å²) in [7, 11) is 0. The number of halogens is 2. The summed E-state index contributed by atoms with van der Waals surface area (Å²) in [6.45, 7) is 4.37. The van der Waals surface area contributed by atoms with E-state index in [4.69, 9.17) is 11.6 Å². The molecule has 0 fully saturated rings. The van der Waals surface area contributed by atoms with Gasteiger partial charge in [0.1, 0.15) is 0 Å². The third-order valence-electron chi connectivity index (χ3n) is 3.67. The molecule has 0 saturated carbocycles. The average Bonchev–Trinajstić information content (AvgIpc) is 2.48. The molecular weight excluding hydrogens is 332 g/mol. The van der Waals surface area contributed by atoms with E-state index < -0.39 is 0 Å². The van der Waals surface area contributed by atoms with E-state index in [1.807, 2.05) is 0 Å². The van der Waals surface area contributed by atoms with Crippen LogP contribution in [0.15, 0.2) is 46.9 Å². The average molecular weight is 352 g/mol. The number of hydrogen-bond donors (Lipinski definition) is 0. The molecule has 0 aliphatic carbocycles. The van der Waals surface area contributed by atoms with Gasteiger partial charge in [0.25, 0.3) is 0 Å². The Bertz CT molecular complexity index is 560. The normalized spacial score (nSPS) is 12.4. The van der Waals surface area contributed by atoms with Crippen LogP contribution in [0.25, 0.3) is 0 Å². The molecular formula is C18H20BrCl. The van der Waals surface area contributed by atoms with Crippen LogP contribution in [0.2, 0.25) is 0 Å². The Morgan fingerprint density at radius 3 is 2.20 bits per heavy atom. The van der Waals surface area contributed by atoms with E-state index in [-0.39, 0.29) is 5.38 Å². The fourth-order valence-corrected chi connectivity index (χ4v) is 3.06. The maximum atomic E-state index is 6.68. The molecule has 0 radical (unpaired) electrons. The Balaban J connectivity index is 2.23. The molecule has 0 N–H and O–H groups in total. The highest BCUT2D eigenvalue weighted by Crippen LogP contribution is 2.29. The van der Waals surface area contributed by atoms with E-state index in [0.29, 0.717) is 0 Å². The first-order chi connectivity index (χ1) is 9.63. The topological polar surface area (TPSA) is 0 Å². The lowest BCUT2D eigenvalue weighted by Crippen LogP contribution is -2.01. The zero-order chi connectivity index (χ0) is 14.5. The lowest BCUT2D eigenvalue weighted by molar-refractivity contribution is 0.890. The molecule has 2 aromatic carbocycles. The zero-order valence-electron chi connectivity index (χ0n) is 12.0. The van der Waals surface area contributed by atoms with Crippen molar-refractivity contribution in [1.29, 1.82) is 0 Å². The van der Waals surface area contributed by atoms with Crippen molar-refractivity contribution in [2.45, 2.75) is 38.5 Å². The summed E-state index contributed by atoms with van der Waals surface area (Å²) in [4.78, 5) is 0. The van der Waals surface area contributed by atoms with Crippen molar-refractivity contribution >= 4 is 27.5 Å². The van der Waals surface area contributed by atoms with Gasteiger partial charge in [0.2, 0.25) is 0 Å². The molecule has 1 unspecified atom stereocenters. The first-order valence-corrected chi connectivity index (χ1v) is 8.37. The maximum absolute atomic E-state index is 6.68. The van der Waals surface area contributed by atoms with Crippen molar-refractivity contribution in [2.24, 2.45) is 0 Å². The summed E-state index contributed by atoms with van der Waals surface area (Å²) >= 11 is 10.1. The van der Waals surface area contributed by atoms with Crippen LogP contribution in [0.5, 0.6) is 0 Å². The number of hydrogen-bond acceptors (Lipinski definition) is 0. The first-order valence-electron chi connectivity index (χ1n) is 7.14. The highest BCUT2D eigenvalue weighted by molar-refractivity contribution is 9.10. The standard InChI is InChI=1S/C18H20BrCl/c1-3-13-5-8-15(4-2)17(11-13)18(20)12-14-6-9-16(19)10-7-14/h5-11,18H,3-4,12H2,1-2H3. The van der Waals surface area contributed by atoms with Gasteiger partial charge >= 0.3 is 0 Å². The number of rotatable bonds is 5. The van der Waals surface area contributed by atoms with E-state index in [1.54, 1.807) is 0 Å². The summed E-state index contributed by atoms with van der Waals surface area (Å²) < 4.78 is 1.11. The lowest BCUT2D eigenvalue weighted by atomic mass is 9.95. The quantitative estimate of drug-likeness (QED) is 0.571. The number of aryl methyl sites for hydroxylation is 2. The van der Waals surface area contributed by atoms with Gasteiger partial charge in [-0.1, -0.05) is 60.1 Å². The Morgan fingerprint density at radius 2 is 1.60 bits per heavy atom. The van der Waals surface area contributed by atoms with Gasteiger partial charge in [-0.05, 0) is 53.6 Å². The second-order valence-corrected chi connectivity index (χ2v) is 6.48. The fourth-order valence-electron chi connectivity index (χ4n) is 2.42. The van der Waals surface area contributed by atoms with Gasteiger partial charge in [-0.15, -0.1) is 11.6 Å². The van der Waals surface area contributed by atoms with Crippen LogP contribution in [0.4, 0.5) is 0 Å². The summed E-state index contributed by atoms with van der Waals surface area (Å²) in [5.41, 5.74) is 5.28. The largest absolute Gasteiger partial charge is 0.117 e. The second kappa shape index (κ2) is 7.28. The summed E-state index contributed by atoms with van der Waals surface area (Å²) in [5, 5.41) is 0.0395. The molecule has 0 heterocycles. The van der Waals surface area contributed by atoms with E-state index in [0.717, 1.165) is 23.7 Å². The van der Waals surface area contributed by atoms with Gasteiger partial charge in [-0.25, -0.2) is 0 Å². The van der Waals surface area contributed by atoms with Crippen LogP contribution in [0.1, 0.15) is 41.5 Å². The summed E-state index contributed by atoms with van der Waals surface area (Å²) in [6, 6.07) is 15.1. The molecule has 20 heavy (non-hydrogen) atoms. The van der Waals surface area contributed by atoms with Crippen molar-refractivity contribution < 1.29 is 0 Å². The van der Waals surface area contributed by atoms with Crippen molar-refractivity contribution in [3.63, 3.8) is 0 Å². The lowest BCUT2D eigenvalue weighted by Gasteiger charge is -2.16. The summed E-state index contributed by atoms with van der Waals surface area (Å²) in [5.74, 6) is 0. The molecule has 0 saturated heterocycles. The van der Waals surface area contributed by atoms with E-state index in [2.05, 4.69) is 72.2 Å². The molecule has 106 valence electrons. The minimum absolute atomic E-state index is 0.0395. The fraction of sp³-hybridized carbons (Fsp3) is 0.333. The molecule has 0 aromatic heterocycles. The molecule has 0 nitrogen and oxygen atoms in total. The maximum Gasteiger partial charge on any atom is 0.0628 e. The van der Waals surface area contributed by atoms with Crippen LogP contribution in [0, 0.1) is 0 Å². The molecule has 0 aliphatic heterocycles. The Labute approximate surface area is 135 Å². The summed E-state index contributed by atoms with van der Waals surface area (Å²) in [6.07, 6.45) is 2.96. The highest BCUT2D eigenvalue weighted by Gasteiger charge is 2.13. The third kappa shape index (κ3) is 3.86. The molecule has 0 bridgehead atoms. The molecule has 2 rings (SSSR count). The Morgan fingerprint density at radius 1 is 0.950 bits per heavy atom. The second-order valence-electron chi connectivity index (χ2n) is 5.04. The molecule has 0 amide bonds. The Kier molecular flexibility index (Phi) is 5.68. The minimum atomic E-state index is 0.0395. The van der Waals surface area contributed by atoms with E-state index in [9.17, 15) is 0 Å². The highest BCUT2D eigenvalue weighted by atomic mass is 79.9. The van der Waals surface area contributed by atoms with Gasteiger partial charge < -0.3 is 0 Å². The van der Waals surface area contributed by atoms with Crippen LogP contribution in [-0.2, 0) is 19.3 Å². The van der Waals surface area contributed by atoms with Crippen LogP contribution in [-0.4, -0.2) is 0 Å². The predicted molar refractivity (Wildman–Crippen MR) is 91.6 cm³/mol. The Hall–Kier alpha value is -0.790. The number of benzene rings is 2. The van der Waals surface area contributed by atoms with E-state index >= 15 is 0 Å². The van der Waals surface area contributed by atoms with E-state index in [1.165, 1.54) is 22.3 Å². The SMILES string of the molecule is CCc1ccc(CC)c(C(Cl)Cc2ccc(Br)cc2)c1. The molecule has 2 aromatic rings. The monoisotopic (exact) mass is 350 g/mol. The molecule has 1 atom stereocenters. The van der Waals surface area contributed by atoms with Crippen molar-refractivity contribution in [3.05, 3.63) is 69.2 Å².